The van der Waals surface area contributed by atoms with E-state index in [1.807, 2.05) is 0 Å². The quantitative estimate of drug-likeness (QED) is 0.353. The maximum absolute atomic E-state index is 13.9. The first-order chi connectivity index (χ1) is 19.0. The van der Waals surface area contributed by atoms with Crippen molar-refractivity contribution in [3.05, 3.63) is 83.9 Å². The van der Waals surface area contributed by atoms with E-state index >= 15 is 0 Å². The standard InChI is InChI=1S/C28H31F2N3O6S/c1-5-24(28(35)31-2)32(17-19-6-8-20(29)9-7-19)27(34)18-33(22-12-10-21(30)11-13-22)40(36,37)23-14-15-25(38-3)26(16-23)39-4/h6-16,24H,5,17-18H2,1-4H3,(H,31,35)/t24-/m1/s1. The van der Waals surface area contributed by atoms with Gasteiger partial charge in [-0.25, -0.2) is 17.2 Å². The van der Waals surface area contributed by atoms with Gasteiger partial charge in [-0.2, -0.15) is 0 Å². The SMILES string of the molecule is CC[C@H](C(=O)NC)N(Cc1ccc(F)cc1)C(=O)CN(c1ccc(F)cc1)S(=O)(=O)c1ccc(OC)c(OC)c1. The van der Waals surface area contributed by atoms with Gasteiger partial charge in [0.15, 0.2) is 11.5 Å². The Kier molecular flexibility index (Phi) is 10.1. The number of carbonyl (C=O) groups excluding carboxylic acids is 2. The Labute approximate surface area is 232 Å². The molecule has 1 atom stereocenters. The van der Waals surface area contributed by atoms with E-state index in [1.165, 1.54) is 80.8 Å². The van der Waals surface area contributed by atoms with Crippen molar-refractivity contribution in [2.45, 2.75) is 30.8 Å². The summed E-state index contributed by atoms with van der Waals surface area (Å²) in [6.45, 7) is 0.915. The number of hydrogen-bond donors (Lipinski definition) is 1. The van der Waals surface area contributed by atoms with E-state index in [9.17, 15) is 26.8 Å². The van der Waals surface area contributed by atoms with Gasteiger partial charge in [0.25, 0.3) is 10.0 Å². The molecule has 40 heavy (non-hydrogen) atoms. The maximum atomic E-state index is 13.9. The largest absolute Gasteiger partial charge is 0.493 e. The molecule has 0 spiro atoms. The van der Waals surface area contributed by atoms with E-state index in [2.05, 4.69) is 5.32 Å². The van der Waals surface area contributed by atoms with Crippen molar-refractivity contribution in [1.82, 2.24) is 10.2 Å². The molecule has 3 rings (SSSR count). The lowest BCUT2D eigenvalue weighted by Gasteiger charge is -2.33. The molecular weight excluding hydrogens is 544 g/mol. The molecular formula is C28H31F2N3O6S. The third kappa shape index (κ3) is 6.87. The molecule has 3 aromatic carbocycles. The molecule has 0 bridgehead atoms. The Morgan fingerprint density at radius 1 is 0.900 bits per heavy atom. The van der Waals surface area contributed by atoms with Gasteiger partial charge in [-0.3, -0.25) is 13.9 Å². The van der Waals surface area contributed by atoms with Gasteiger partial charge in [0.1, 0.15) is 24.2 Å². The number of rotatable bonds is 12. The second-order valence-electron chi connectivity index (χ2n) is 8.69. The molecule has 0 aromatic heterocycles. The number of halogens is 2. The summed E-state index contributed by atoms with van der Waals surface area (Å²) in [5.74, 6) is -1.77. The van der Waals surface area contributed by atoms with E-state index in [1.54, 1.807) is 6.92 Å². The first kappa shape index (κ1) is 30.4. The molecule has 214 valence electrons. The van der Waals surface area contributed by atoms with Crippen molar-refractivity contribution >= 4 is 27.5 Å². The lowest BCUT2D eigenvalue weighted by Crippen LogP contribution is -2.51. The summed E-state index contributed by atoms with van der Waals surface area (Å²) in [6, 6.07) is 13.1. The van der Waals surface area contributed by atoms with E-state index in [-0.39, 0.29) is 29.3 Å². The number of hydrogen-bond acceptors (Lipinski definition) is 6. The van der Waals surface area contributed by atoms with Crippen LogP contribution in [0.4, 0.5) is 14.5 Å². The summed E-state index contributed by atoms with van der Waals surface area (Å²) >= 11 is 0. The van der Waals surface area contributed by atoms with Gasteiger partial charge in [-0.05, 0) is 60.5 Å². The molecule has 2 amide bonds. The summed E-state index contributed by atoms with van der Waals surface area (Å²) in [5.41, 5.74) is 0.562. The van der Waals surface area contributed by atoms with E-state index in [0.717, 1.165) is 16.4 Å². The van der Waals surface area contributed by atoms with Crippen molar-refractivity contribution in [2.75, 3.05) is 32.1 Å². The van der Waals surface area contributed by atoms with Gasteiger partial charge < -0.3 is 19.7 Å². The highest BCUT2D eigenvalue weighted by molar-refractivity contribution is 7.92. The monoisotopic (exact) mass is 575 g/mol. The molecule has 3 aromatic rings. The van der Waals surface area contributed by atoms with Crippen molar-refractivity contribution < 1.29 is 36.3 Å². The number of ether oxygens (including phenoxy) is 2. The maximum Gasteiger partial charge on any atom is 0.264 e. The predicted molar refractivity (Wildman–Crippen MR) is 146 cm³/mol. The lowest BCUT2D eigenvalue weighted by atomic mass is 10.1. The second-order valence-corrected chi connectivity index (χ2v) is 10.6. The van der Waals surface area contributed by atoms with Gasteiger partial charge in [-0.15, -0.1) is 0 Å². The highest BCUT2D eigenvalue weighted by Crippen LogP contribution is 2.32. The average molecular weight is 576 g/mol. The lowest BCUT2D eigenvalue weighted by molar-refractivity contribution is -0.140. The Hall–Kier alpha value is -4.19. The zero-order valence-corrected chi connectivity index (χ0v) is 23.4. The fourth-order valence-electron chi connectivity index (χ4n) is 4.11. The molecule has 0 unspecified atom stereocenters. The van der Waals surface area contributed by atoms with Crippen LogP contribution < -0.4 is 19.1 Å². The first-order valence-electron chi connectivity index (χ1n) is 12.3. The normalized spacial score (nSPS) is 11.8. The van der Waals surface area contributed by atoms with Gasteiger partial charge in [-0.1, -0.05) is 19.1 Å². The zero-order valence-electron chi connectivity index (χ0n) is 22.6. The minimum absolute atomic E-state index is 0.0271. The van der Waals surface area contributed by atoms with Crippen LogP contribution >= 0.6 is 0 Å². The molecule has 0 aliphatic rings. The number of nitrogens with zero attached hydrogens (tertiary/aromatic N) is 2. The van der Waals surface area contributed by atoms with Gasteiger partial charge in [0.05, 0.1) is 24.8 Å². The van der Waals surface area contributed by atoms with Crippen molar-refractivity contribution in [3.63, 3.8) is 0 Å². The summed E-state index contributed by atoms with van der Waals surface area (Å²) in [6.07, 6.45) is 0.228. The Morgan fingerprint density at radius 3 is 2.00 bits per heavy atom. The third-order valence-electron chi connectivity index (χ3n) is 6.23. The fraction of sp³-hybridized carbons (Fsp3) is 0.286. The van der Waals surface area contributed by atoms with Crippen molar-refractivity contribution in [2.24, 2.45) is 0 Å². The highest BCUT2D eigenvalue weighted by atomic mass is 32.2. The molecule has 0 heterocycles. The third-order valence-corrected chi connectivity index (χ3v) is 8.00. The Morgan fingerprint density at radius 2 is 1.48 bits per heavy atom. The number of sulfonamides is 1. The number of likely N-dealkylation sites (N-methyl/N-ethyl adjacent to an activating group) is 1. The number of carbonyl (C=O) groups is 2. The van der Waals surface area contributed by atoms with E-state index in [4.69, 9.17) is 9.47 Å². The van der Waals surface area contributed by atoms with Crippen LogP contribution in [0.25, 0.3) is 0 Å². The number of benzene rings is 3. The van der Waals surface area contributed by atoms with E-state index < -0.39 is 46.1 Å². The zero-order chi connectivity index (χ0) is 29.4. The second kappa shape index (κ2) is 13.2. The molecule has 9 nitrogen and oxygen atoms in total. The smallest absolute Gasteiger partial charge is 0.264 e. The molecule has 0 aliphatic carbocycles. The van der Waals surface area contributed by atoms with Gasteiger partial charge in [0.2, 0.25) is 11.8 Å². The molecule has 0 aliphatic heterocycles. The molecule has 0 fully saturated rings. The summed E-state index contributed by atoms with van der Waals surface area (Å²) in [7, 11) is -0.225. The van der Waals surface area contributed by atoms with Crippen LogP contribution in [0, 0.1) is 11.6 Å². The molecule has 0 saturated carbocycles. The number of nitrogens with one attached hydrogen (secondary N) is 1. The Bertz CT molecular complexity index is 1430. The van der Waals surface area contributed by atoms with Crippen LogP contribution in [0.5, 0.6) is 11.5 Å². The van der Waals surface area contributed by atoms with Crippen LogP contribution in [0.2, 0.25) is 0 Å². The molecule has 1 N–H and O–H groups in total. The molecule has 0 saturated heterocycles. The fourth-order valence-corrected chi connectivity index (χ4v) is 5.54. The minimum atomic E-state index is -4.41. The summed E-state index contributed by atoms with van der Waals surface area (Å²) < 4.78 is 66.4. The molecule has 0 radical (unpaired) electrons. The Balaban J connectivity index is 2.08. The van der Waals surface area contributed by atoms with Crippen molar-refractivity contribution in [1.29, 1.82) is 0 Å². The predicted octanol–water partition coefficient (Wildman–Crippen LogP) is 3.73. The van der Waals surface area contributed by atoms with Crippen LogP contribution in [0.15, 0.2) is 71.6 Å². The summed E-state index contributed by atoms with van der Waals surface area (Å²) in [4.78, 5) is 27.6. The number of anilines is 1. The highest BCUT2D eigenvalue weighted by Gasteiger charge is 2.34. The van der Waals surface area contributed by atoms with Gasteiger partial charge >= 0.3 is 0 Å². The topological polar surface area (TPSA) is 105 Å². The molecule has 12 heteroatoms. The summed E-state index contributed by atoms with van der Waals surface area (Å²) in [5, 5.41) is 2.52. The van der Waals surface area contributed by atoms with Gasteiger partial charge in [0, 0.05) is 19.7 Å². The van der Waals surface area contributed by atoms with Crippen LogP contribution in [0.1, 0.15) is 18.9 Å². The van der Waals surface area contributed by atoms with E-state index in [0.29, 0.717) is 11.3 Å². The first-order valence-corrected chi connectivity index (χ1v) is 13.8. The van der Waals surface area contributed by atoms with Crippen molar-refractivity contribution in [3.8, 4) is 11.5 Å². The van der Waals surface area contributed by atoms with Crippen LogP contribution in [-0.4, -0.2) is 59.0 Å². The minimum Gasteiger partial charge on any atom is -0.493 e. The number of amides is 2. The van der Waals surface area contributed by atoms with Crippen LogP contribution in [-0.2, 0) is 26.2 Å². The van der Waals surface area contributed by atoms with Crippen LogP contribution in [0.3, 0.4) is 0 Å². The number of methoxy groups -OCH3 is 2. The average Bonchev–Trinajstić information content (AvgIpc) is 2.96.